The van der Waals surface area contributed by atoms with Gasteiger partial charge in [0, 0.05) is 29.5 Å². The Balaban J connectivity index is 1.37. The summed E-state index contributed by atoms with van der Waals surface area (Å²) in [5.74, 6) is -57.0. The van der Waals surface area contributed by atoms with E-state index in [-0.39, 0.29) is 0 Å². The second-order valence-electron chi connectivity index (χ2n) is 16.0. The molecule has 4 aromatic carbocycles. The standard InChI is InChI=1S/C45H10F20N4/c46-25-21(26(47)34(55)41(62)33(25)54)17-9-1-2-10-18(22-27(48)35(56)42(63)36(57)28(22)49)12-5-6-14-20(24-31(52)39(60)44(65)40(61)32(24)53)16-8-7-15-19(23-29(50)37(58)43(64)38(59)30(23)51)13-4-3-11(17)67(13)45(66(9)10,68(12)14)69(15)16/h1-9,17H/q+2. The van der Waals surface area contributed by atoms with E-state index in [1.807, 2.05) is 0 Å². The molecule has 6 aliphatic rings. The molecule has 0 saturated carbocycles. The Kier molecular flexibility index (Phi) is 8.23. The van der Waals surface area contributed by atoms with E-state index < -0.39 is 212 Å². The van der Waals surface area contributed by atoms with Gasteiger partial charge in [-0.25, -0.2) is 92.4 Å². The normalized spacial score (nSPS) is 20.2. The van der Waals surface area contributed by atoms with Crippen LogP contribution in [0, 0.1) is 116 Å². The third-order valence-corrected chi connectivity index (χ3v) is 13.0. The van der Waals surface area contributed by atoms with Crippen molar-refractivity contribution in [2.45, 2.75) is 17.9 Å². The van der Waals surface area contributed by atoms with Crippen molar-refractivity contribution in [1.82, 2.24) is 9.13 Å². The van der Waals surface area contributed by atoms with Gasteiger partial charge in [-0.05, 0) is 30.3 Å². The summed E-state index contributed by atoms with van der Waals surface area (Å²) in [5.41, 5.74) is -14.3. The number of halogens is 20. The molecule has 69 heavy (non-hydrogen) atoms. The average molecular weight is 987 g/mol. The highest BCUT2D eigenvalue weighted by Gasteiger charge is 2.75. The summed E-state index contributed by atoms with van der Waals surface area (Å²) in [6, 6.07) is 1.20. The number of hydrogen-bond acceptors (Lipinski definition) is 0. The fourth-order valence-electron chi connectivity index (χ4n) is 10.5. The van der Waals surface area contributed by atoms with Crippen LogP contribution in [-0.2, 0) is 5.91 Å². The van der Waals surface area contributed by atoms with Gasteiger partial charge in [0.1, 0.15) is 0 Å². The molecule has 0 aliphatic carbocycles. The van der Waals surface area contributed by atoms with Gasteiger partial charge in [-0.15, -0.1) is 4.58 Å². The fraction of sp³-hybridized carbons (Fsp3) is 0.0667. The Hall–Kier alpha value is -7.66. The first kappa shape index (κ1) is 42.7. The molecule has 0 N–H and O–H groups in total. The van der Waals surface area contributed by atoms with Crippen LogP contribution in [0.15, 0.2) is 54.3 Å². The first-order valence-electron chi connectivity index (χ1n) is 19.3. The van der Waals surface area contributed by atoms with E-state index in [0.717, 1.165) is 57.7 Å². The van der Waals surface area contributed by atoms with Crippen molar-refractivity contribution in [2.75, 3.05) is 0 Å². The number of hydrogen-bond donors (Lipinski definition) is 0. The van der Waals surface area contributed by atoms with E-state index in [4.69, 9.17) is 0 Å². The number of benzene rings is 4. The maximum Gasteiger partial charge on any atom is 0.548 e. The molecule has 2 aromatic heterocycles. The Morgan fingerprint density at radius 1 is 0.377 bits per heavy atom. The largest absolute Gasteiger partial charge is 0.548 e. The fourth-order valence-corrected chi connectivity index (χ4v) is 10.5. The first-order chi connectivity index (χ1) is 32.6. The first-order valence-corrected chi connectivity index (χ1v) is 19.3. The number of aromatic nitrogens is 2. The van der Waals surface area contributed by atoms with Crippen molar-refractivity contribution >= 4 is 28.1 Å². The van der Waals surface area contributed by atoms with Crippen LogP contribution in [0.4, 0.5) is 87.8 Å². The van der Waals surface area contributed by atoms with Crippen molar-refractivity contribution in [3.63, 3.8) is 0 Å². The predicted octanol–water partition coefficient (Wildman–Crippen LogP) is 8.95. The van der Waals surface area contributed by atoms with Gasteiger partial charge in [0.25, 0.3) is 0 Å². The zero-order valence-electron chi connectivity index (χ0n) is 32.6. The Bertz CT molecular complexity index is 3810. The van der Waals surface area contributed by atoms with Crippen molar-refractivity contribution in [1.29, 1.82) is 0 Å². The van der Waals surface area contributed by atoms with E-state index in [9.17, 15) is 17.6 Å². The molecule has 12 rings (SSSR count). The summed E-state index contributed by atoms with van der Waals surface area (Å²) in [6.45, 7) is 0. The van der Waals surface area contributed by atoms with E-state index >= 15 is 70.2 Å². The quantitative estimate of drug-likeness (QED) is 0.0727. The van der Waals surface area contributed by atoms with Gasteiger partial charge >= 0.3 is 5.91 Å². The molecule has 0 bridgehead atoms. The topological polar surface area (TPSA) is 15.9 Å². The summed E-state index contributed by atoms with van der Waals surface area (Å²) in [7, 11) is 0. The summed E-state index contributed by atoms with van der Waals surface area (Å²) in [4.78, 5) is 0. The monoisotopic (exact) mass is 986 g/mol. The van der Waals surface area contributed by atoms with Crippen molar-refractivity contribution < 1.29 is 97.0 Å². The number of rotatable bonds is 4. The maximum atomic E-state index is 16.2. The molecule has 4 nitrogen and oxygen atoms in total. The minimum absolute atomic E-state index is 0.697. The SMILES string of the molecule is Fc1c(F)c(F)c(C2=C3C=CC4=[N+]3C35n6c2ccc6C(c2c(F)c(F)c(F)c(F)c2F)C2C=CC(=[N+]23)C(c2c(F)c(F)c(F)c(F)c2F)=c2ccc(n25)=C4c2c(F)c(F)c(F)c(F)c2F)c(F)c1F. The van der Waals surface area contributed by atoms with Gasteiger partial charge in [-0.1, -0.05) is 4.58 Å². The summed E-state index contributed by atoms with van der Waals surface area (Å²) in [6.07, 6.45) is 3.33. The van der Waals surface area contributed by atoms with Crippen LogP contribution >= 0.6 is 0 Å². The van der Waals surface area contributed by atoms with Crippen molar-refractivity contribution in [2.24, 2.45) is 0 Å². The molecule has 0 fully saturated rings. The van der Waals surface area contributed by atoms with E-state index in [0.29, 0.717) is 9.14 Å². The molecule has 348 valence electrons. The second-order valence-corrected chi connectivity index (χ2v) is 16.0. The molecule has 0 saturated heterocycles. The van der Waals surface area contributed by atoms with Crippen LogP contribution in [-0.4, -0.2) is 35.8 Å². The molecule has 6 aliphatic heterocycles. The Morgan fingerprint density at radius 3 is 1.22 bits per heavy atom. The molecular formula is C45H10F20N4+2. The van der Waals surface area contributed by atoms with Gasteiger partial charge in [0.05, 0.1) is 55.7 Å². The highest BCUT2D eigenvalue weighted by atomic mass is 19.2. The molecule has 3 atom stereocenters. The zero-order valence-corrected chi connectivity index (χ0v) is 32.6. The minimum atomic E-state index is -2.82. The molecule has 6 aromatic rings. The number of nitrogens with zero attached hydrogens (tertiary/aromatic N) is 4. The van der Waals surface area contributed by atoms with Crippen LogP contribution in [0.25, 0.3) is 16.7 Å². The van der Waals surface area contributed by atoms with Crippen LogP contribution in [0.2, 0.25) is 0 Å². The highest BCUT2D eigenvalue weighted by Crippen LogP contribution is 2.55. The molecular weight excluding hydrogens is 976 g/mol. The Morgan fingerprint density at radius 2 is 0.768 bits per heavy atom. The van der Waals surface area contributed by atoms with Crippen LogP contribution in [0.5, 0.6) is 0 Å². The molecule has 8 heterocycles. The molecule has 3 unspecified atom stereocenters. The number of allylic oxidation sites excluding steroid dienone is 3. The molecule has 0 radical (unpaired) electrons. The summed E-state index contributed by atoms with van der Waals surface area (Å²) >= 11 is 0. The molecule has 24 heteroatoms. The van der Waals surface area contributed by atoms with E-state index in [1.54, 1.807) is 0 Å². The van der Waals surface area contributed by atoms with Crippen molar-refractivity contribution in [3.8, 4) is 0 Å². The zero-order chi connectivity index (χ0) is 49.3. The lowest BCUT2D eigenvalue weighted by Gasteiger charge is -2.44. The van der Waals surface area contributed by atoms with E-state index in [2.05, 4.69) is 0 Å². The smallest absolute Gasteiger partial charge is 0.203 e. The highest BCUT2D eigenvalue weighted by molar-refractivity contribution is 6.29. The minimum Gasteiger partial charge on any atom is -0.203 e. The van der Waals surface area contributed by atoms with Gasteiger partial charge in [-0.3, -0.25) is 0 Å². The van der Waals surface area contributed by atoms with Gasteiger partial charge < -0.3 is 0 Å². The van der Waals surface area contributed by atoms with Gasteiger partial charge in [0.2, 0.25) is 40.4 Å². The Labute approximate surface area is 366 Å². The third kappa shape index (κ3) is 4.55. The summed E-state index contributed by atoms with van der Waals surface area (Å²) < 4.78 is 313. The second kappa shape index (κ2) is 13.3. The third-order valence-electron chi connectivity index (χ3n) is 13.0. The lowest BCUT2D eigenvalue weighted by Crippen LogP contribution is -2.74. The molecule has 0 amide bonds. The lowest BCUT2D eigenvalue weighted by molar-refractivity contribution is -0.867. The maximum absolute atomic E-state index is 16.2. The van der Waals surface area contributed by atoms with Gasteiger partial charge in [0.15, 0.2) is 99.1 Å². The average Bonchev–Trinajstić information content (AvgIpc) is 4.17. The van der Waals surface area contributed by atoms with Gasteiger partial charge in [-0.2, -0.15) is 4.57 Å². The van der Waals surface area contributed by atoms with Crippen LogP contribution in [0.3, 0.4) is 0 Å². The van der Waals surface area contributed by atoms with E-state index in [1.165, 1.54) is 0 Å². The van der Waals surface area contributed by atoms with Crippen molar-refractivity contribution in [3.05, 3.63) is 215 Å². The lowest BCUT2D eigenvalue weighted by atomic mass is 9.84. The van der Waals surface area contributed by atoms with Crippen LogP contribution in [0.1, 0.15) is 39.6 Å². The molecule has 1 spiro atoms. The summed E-state index contributed by atoms with van der Waals surface area (Å²) in [5, 5.41) is -1.59. The predicted molar refractivity (Wildman–Crippen MR) is 192 cm³/mol. The van der Waals surface area contributed by atoms with Crippen LogP contribution < -0.4 is 10.7 Å².